The van der Waals surface area contributed by atoms with Crippen molar-refractivity contribution in [1.29, 1.82) is 0 Å². The van der Waals surface area contributed by atoms with Crippen LogP contribution in [0.15, 0.2) is 85.1 Å². The van der Waals surface area contributed by atoms with Crippen molar-refractivity contribution < 1.29 is 9.53 Å². The van der Waals surface area contributed by atoms with Crippen LogP contribution in [0.2, 0.25) is 0 Å². The van der Waals surface area contributed by atoms with Crippen LogP contribution in [0.25, 0.3) is 11.3 Å². The third kappa shape index (κ3) is 4.21. The van der Waals surface area contributed by atoms with E-state index >= 15 is 0 Å². The molecule has 0 atom stereocenters. The molecule has 31 heavy (non-hydrogen) atoms. The Hall–Kier alpha value is -3.86. The zero-order valence-corrected chi connectivity index (χ0v) is 17.1. The summed E-state index contributed by atoms with van der Waals surface area (Å²) in [6.45, 7) is 1.01. The zero-order valence-electron chi connectivity index (χ0n) is 17.1. The third-order valence-corrected chi connectivity index (χ3v) is 5.46. The molecule has 1 amide bonds. The molecule has 5 heteroatoms. The van der Waals surface area contributed by atoms with Crippen molar-refractivity contribution in [2.75, 3.05) is 5.32 Å². The second-order valence-electron chi connectivity index (χ2n) is 7.63. The molecule has 0 saturated carbocycles. The number of hydrogen-bond donors (Lipinski definition) is 1. The fourth-order valence-corrected chi connectivity index (χ4v) is 3.85. The molecule has 0 aliphatic carbocycles. The highest BCUT2D eigenvalue weighted by atomic mass is 16.5. The lowest BCUT2D eigenvalue weighted by molar-refractivity contribution is 0.102. The molecule has 3 aromatic carbocycles. The topological polar surface area (TPSA) is 56.2 Å². The molecular weight excluding hydrogens is 386 g/mol. The molecule has 0 fully saturated rings. The highest BCUT2D eigenvalue weighted by molar-refractivity contribution is 6.06. The number of anilines is 1. The number of imidazole rings is 1. The average Bonchev–Trinajstić information content (AvgIpc) is 3.25. The number of ether oxygens (including phenoxy) is 1. The van der Waals surface area contributed by atoms with Crippen LogP contribution >= 0.6 is 0 Å². The Balaban J connectivity index is 1.33. The van der Waals surface area contributed by atoms with Crippen LogP contribution in [0, 0.1) is 0 Å². The van der Waals surface area contributed by atoms with Crippen LogP contribution in [0.4, 0.5) is 5.69 Å². The van der Waals surface area contributed by atoms with E-state index in [1.807, 2.05) is 54.6 Å². The number of carbonyl (C=O) groups excluding carboxylic acids is 1. The quantitative estimate of drug-likeness (QED) is 0.444. The van der Waals surface area contributed by atoms with Crippen LogP contribution in [-0.4, -0.2) is 15.5 Å². The molecule has 1 aromatic heterocycles. The molecule has 0 saturated heterocycles. The minimum Gasteiger partial charge on any atom is -0.457 e. The number of aryl methyl sites for hydroxylation is 2. The van der Waals surface area contributed by atoms with Gasteiger partial charge in [0.1, 0.15) is 17.3 Å². The maximum Gasteiger partial charge on any atom is 0.255 e. The summed E-state index contributed by atoms with van der Waals surface area (Å²) in [6, 6.07) is 24.5. The van der Waals surface area contributed by atoms with E-state index in [0.717, 1.165) is 41.5 Å². The molecule has 4 aromatic rings. The van der Waals surface area contributed by atoms with E-state index in [0.29, 0.717) is 11.3 Å². The zero-order chi connectivity index (χ0) is 21.0. The van der Waals surface area contributed by atoms with E-state index in [1.54, 1.807) is 24.3 Å². The first-order valence-corrected chi connectivity index (χ1v) is 10.6. The average molecular weight is 409 g/mol. The third-order valence-electron chi connectivity index (χ3n) is 5.46. The number of para-hydroxylation sites is 2. The van der Waals surface area contributed by atoms with Gasteiger partial charge >= 0.3 is 0 Å². The molecule has 0 bridgehead atoms. The summed E-state index contributed by atoms with van der Waals surface area (Å²) in [5, 5.41) is 3.05. The predicted octanol–water partition coefficient (Wildman–Crippen LogP) is 5.93. The summed E-state index contributed by atoms with van der Waals surface area (Å²) in [5.74, 6) is 2.40. The summed E-state index contributed by atoms with van der Waals surface area (Å²) >= 11 is 0. The van der Waals surface area contributed by atoms with Gasteiger partial charge in [-0.15, -0.1) is 0 Å². The van der Waals surface area contributed by atoms with Gasteiger partial charge in [-0.2, -0.15) is 0 Å². The fourth-order valence-electron chi connectivity index (χ4n) is 3.85. The smallest absolute Gasteiger partial charge is 0.255 e. The number of aromatic nitrogens is 2. The van der Waals surface area contributed by atoms with E-state index < -0.39 is 0 Å². The molecule has 0 spiro atoms. The lowest BCUT2D eigenvalue weighted by Gasteiger charge is -2.11. The second kappa shape index (κ2) is 8.48. The van der Waals surface area contributed by atoms with Gasteiger partial charge in [0.15, 0.2) is 0 Å². The van der Waals surface area contributed by atoms with Gasteiger partial charge in [0.05, 0.1) is 11.4 Å². The van der Waals surface area contributed by atoms with Gasteiger partial charge in [0.2, 0.25) is 0 Å². The Kier molecular flexibility index (Phi) is 5.23. The molecule has 1 aliphatic rings. The van der Waals surface area contributed by atoms with Crippen molar-refractivity contribution in [3.8, 4) is 22.8 Å². The lowest BCUT2D eigenvalue weighted by atomic mass is 10.1. The number of nitrogens with zero attached hydrogens (tertiary/aromatic N) is 2. The van der Waals surface area contributed by atoms with Gasteiger partial charge in [0.25, 0.3) is 5.91 Å². The Morgan fingerprint density at radius 3 is 2.42 bits per heavy atom. The maximum atomic E-state index is 12.9. The SMILES string of the molecule is O=C(Nc1ccccc1-c1cn2c(n1)CCCC2)c1ccc(Oc2ccccc2)cc1. The van der Waals surface area contributed by atoms with E-state index in [9.17, 15) is 4.79 Å². The van der Waals surface area contributed by atoms with Gasteiger partial charge in [-0.3, -0.25) is 4.79 Å². The van der Waals surface area contributed by atoms with Crippen LogP contribution in [-0.2, 0) is 13.0 Å². The largest absolute Gasteiger partial charge is 0.457 e. The van der Waals surface area contributed by atoms with Crippen LogP contribution < -0.4 is 10.1 Å². The highest BCUT2D eigenvalue weighted by Gasteiger charge is 2.16. The number of benzene rings is 3. The molecule has 154 valence electrons. The number of nitrogens with one attached hydrogen (secondary N) is 1. The summed E-state index contributed by atoms with van der Waals surface area (Å²) in [6.07, 6.45) is 5.46. The van der Waals surface area contributed by atoms with Crippen molar-refractivity contribution in [2.24, 2.45) is 0 Å². The molecule has 5 nitrogen and oxygen atoms in total. The molecule has 1 aliphatic heterocycles. The number of rotatable bonds is 5. The summed E-state index contributed by atoms with van der Waals surface area (Å²) in [7, 11) is 0. The fraction of sp³-hybridized carbons (Fsp3) is 0.154. The molecule has 5 rings (SSSR count). The second-order valence-corrected chi connectivity index (χ2v) is 7.63. The Labute approximate surface area is 181 Å². The van der Waals surface area contributed by atoms with E-state index in [2.05, 4.69) is 16.1 Å². The number of amides is 1. The normalized spacial score (nSPS) is 12.8. The summed E-state index contributed by atoms with van der Waals surface area (Å²) < 4.78 is 8.03. The first-order chi connectivity index (χ1) is 15.3. The standard InChI is InChI=1S/C26H23N3O2/c30-26(19-13-15-21(16-14-19)31-20-8-2-1-3-9-20)28-23-11-5-4-10-22(23)24-18-29-17-7-6-12-25(29)27-24/h1-5,8-11,13-16,18H,6-7,12,17H2,(H,28,30). The van der Waals surface area contributed by atoms with E-state index in [-0.39, 0.29) is 5.91 Å². The predicted molar refractivity (Wildman–Crippen MR) is 122 cm³/mol. The van der Waals surface area contributed by atoms with Gasteiger partial charge in [-0.05, 0) is 55.3 Å². The van der Waals surface area contributed by atoms with Crippen LogP contribution in [0.1, 0.15) is 29.0 Å². The van der Waals surface area contributed by atoms with E-state index in [4.69, 9.17) is 9.72 Å². The first kappa shape index (κ1) is 19.1. The van der Waals surface area contributed by atoms with Crippen molar-refractivity contribution in [3.63, 3.8) is 0 Å². The lowest BCUT2D eigenvalue weighted by Crippen LogP contribution is -2.12. The molecular formula is C26H23N3O2. The molecule has 0 unspecified atom stereocenters. The van der Waals surface area contributed by atoms with Gasteiger partial charge in [-0.1, -0.05) is 36.4 Å². The van der Waals surface area contributed by atoms with Gasteiger partial charge < -0.3 is 14.6 Å². The van der Waals surface area contributed by atoms with Crippen molar-refractivity contribution in [2.45, 2.75) is 25.8 Å². The Morgan fingerprint density at radius 1 is 0.871 bits per heavy atom. The maximum absolute atomic E-state index is 12.9. The highest BCUT2D eigenvalue weighted by Crippen LogP contribution is 2.29. The molecule has 2 heterocycles. The van der Waals surface area contributed by atoms with E-state index in [1.165, 1.54) is 12.8 Å². The summed E-state index contributed by atoms with van der Waals surface area (Å²) in [4.78, 5) is 17.7. The van der Waals surface area contributed by atoms with Crippen molar-refractivity contribution >= 4 is 11.6 Å². The van der Waals surface area contributed by atoms with Crippen LogP contribution in [0.5, 0.6) is 11.5 Å². The monoisotopic (exact) mass is 409 g/mol. The summed E-state index contributed by atoms with van der Waals surface area (Å²) in [5.41, 5.74) is 3.16. The van der Waals surface area contributed by atoms with Gasteiger partial charge in [-0.25, -0.2) is 4.98 Å². The first-order valence-electron chi connectivity index (χ1n) is 10.6. The van der Waals surface area contributed by atoms with Crippen molar-refractivity contribution in [1.82, 2.24) is 9.55 Å². The van der Waals surface area contributed by atoms with Crippen LogP contribution in [0.3, 0.4) is 0 Å². The molecule has 1 N–H and O–H groups in total. The number of carbonyl (C=O) groups is 1. The minimum absolute atomic E-state index is 0.164. The van der Waals surface area contributed by atoms with Gasteiger partial charge in [0, 0.05) is 30.3 Å². The number of hydrogen-bond acceptors (Lipinski definition) is 3. The Morgan fingerprint density at radius 2 is 1.61 bits per heavy atom. The van der Waals surface area contributed by atoms with Crippen molar-refractivity contribution in [3.05, 3.63) is 96.4 Å². The molecule has 0 radical (unpaired) electrons. The number of fused-ring (bicyclic) bond motifs is 1. The Bertz CT molecular complexity index is 1170. The minimum atomic E-state index is -0.164.